The first-order valence-corrected chi connectivity index (χ1v) is 40.5. The highest BCUT2D eigenvalue weighted by molar-refractivity contribution is 7.01. The molecule has 0 saturated heterocycles. The van der Waals surface area contributed by atoms with Crippen LogP contribution in [0.15, 0.2) is 253 Å². The number of anilines is 12. The predicted molar refractivity (Wildman–Crippen MR) is 455 cm³/mol. The molecule has 0 fully saturated rings. The maximum absolute atomic E-state index is 7.45. The molecule has 4 aliphatic carbocycles. The van der Waals surface area contributed by atoms with Crippen LogP contribution in [0, 0.1) is 6.92 Å². The fourth-order valence-electron chi connectivity index (χ4n) is 21.4. The Labute approximate surface area is 639 Å². The summed E-state index contributed by atoms with van der Waals surface area (Å²) in [5.74, 6) is 6.06. The Morgan fingerprint density at radius 1 is 0.303 bits per heavy atom. The Bertz CT molecular complexity index is 6270. The first-order valence-electron chi connectivity index (χ1n) is 40.5. The Morgan fingerprint density at radius 3 is 1.28 bits per heavy atom. The fourth-order valence-corrected chi connectivity index (χ4v) is 21.4. The van der Waals surface area contributed by atoms with E-state index in [4.69, 9.17) is 4.42 Å². The summed E-state index contributed by atoms with van der Waals surface area (Å²) in [6, 6.07) is 95.5. The van der Waals surface area contributed by atoms with Crippen molar-refractivity contribution in [3.63, 3.8) is 0 Å². The Kier molecular flexibility index (Phi) is 14.1. The molecule has 0 N–H and O–H groups in total. The van der Waals surface area contributed by atoms with Crippen LogP contribution >= 0.6 is 0 Å². The van der Waals surface area contributed by atoms with E-state index in [1.165, 1.54) is 217 Å². The zero-order valence-electron chi connectivity index (χ0n) is 62.7. The maximum atomic E-state index is 7.45. The van der Waals surface area contributed by atoms with Gasteiger partial charge in [-0.15, -0.1) is 0 Å². The van der Waals surface area contributed by atoms with Crippen molar-refractivity contribution in [2.24, 2.45) is 0 Å². The van der Waals surface area contributed by atoms with Gasteiger partial charge in [0.25, 0.3) is 13.4 Å². The molecule has 11 aromatic carbocycles. The average Bonchev–Trinajstić information content (AvgIpc) is 1.58. The number of fused-ring (bicyclic) bond motifs is 18. The van der Waals surface area contributed by atoms with Crippen LogP contribution in [-0.2, 0) is 56.8 Å². The van der Waals surface area contributed by atoms with Crippen LogP contribution in [0.2, 0.25) is 0 Å². The quantitative estimate of drug-likeness (QED) is 0.142. The van der Waals surface area contributed by atoms with Gasteiger partial charge in [0, 0.05) is 85.8 Å². The highest BCUT2D eigenvalue weighted by Gasteiger charge is 2.54. The molecule has 0 radical (unpaired) electrons. The van der Waals surface area contributed by atoms with Crippen LogP contribution in [0.5, 0.6) is 0 Å². The molecule has 8 nitrogen and oxygen atoms in total. The summed E-state index contributed by atoms with van der Waals surface area (Å²) in [7, 11) is 0. The summed E-state index contributed by atoms with van der Waals surface area (Å²) in [5.41, 5.74) is 37.3. The minimum atomic E-state index is -0.163. The van der Waals surface area contributed by atoms with Crippen molar-refractivity contribution in [1.82, 2.24) is 13.7 Å². The molecule has 4 aliphatic heterocycles. The molecule has 109 heavy (non-hydrogen) atoms. The SMILES string of the molecule is Cc1cc2c3c(c1)N(c1ccc4ccccc4c1)c1c(c4c(n1-c1ccccc1)CCCC4)B3c1c3c(n(-c4ccc(-c5ccc(-n6c7c(c8c6N(c6cccc9ccccc69)c6cc(C(C)(C)C)cc9c6B8c6c(oc8c6CCCC8)N9c6ccccc6)CCCC7)cc5)cc4)c1N2c1ccccc1)CCCC3. The molecule has 15 aromatic rings. The van der Waals surface area contributed by atoms with Gasteiger partial charge in [-0.05, 0) is 305 Å². The summed E-state index contributed by atoms with van der Waals surface area (Å²) in [6.07, 6.45) is 17.6. The molecular weight excluding hydrogens is 1320 g/mol. The van der Waals surface area contributed by atoms with Crippen molar-refractivity contribution in [3.8, 4) is 28.2 Å². The van der Waals surface area contributed by atoms with Crippen LogP contribution in [0.25, 0.3) is 49.7 Å². The van der Waals surface area contributed by atoms with Gasteiger partial charge in [0.2, 0.25) is 0 Å². The number of aryl methyl sites for hydroxylation is 2. The van der Waals surface area contributed by atoms with Crippen LogP contribution in [-0.4, -0.2) is 27.1 Å². The lowest BCUT2D eigenvalue weighted by atomic mass is 9.32. The molecule has 4 aromatic heterocycles. The van der Waals surface area contributed by atoms with Crippen molar-refractivity contribution in [2.75, 3.05) is 19.6 Å². The van der Waals surface area contributed by atoms with Crippen LogP contribution < -0.4 is 52.4 Å². The third-order valence-corrected chi connectivity index (χ3v) is 26.1. The van der Waals surface area contributed by atoms with E-state index < -0.39 is 0 Å². The molecular formula is C99H85B2N7O. The highest BCUT2D eigenvalue weighted by Crippen LogP contribution is 2.54. The monoisotopic (exact) mass is 1410 g/mol. The number of nitrogens with zero attached hydrogens (tertiary/aromatic N) is 7. The number of aromatic nitrogens is 3. The van der Waals surface area contributed by atoms with E-state index in [-0.39, 0.29) is 18.8 Å². The summed E-state index contributed by atoms with van der Waals surface area (Å²) >= 11 is 0. The lowest BCUT2D eigenvalue weighted by Crippen LogP contribution is -2.62. The van der Waals surface area contributed by atoms with E-state index in [1.54, 1.807) is 11.1 Å². The maximum Gasteiger partial charge on any atom is 0.259 e. The lowest BCUT2D eigenvalue weighted by molar-refractivity contribution is 0.484. The number of furan rings is 1. The van der Waals surface area contributed by atoms with Crippen LogP contribution in [0.1, 0.15) is 128 Å². The van der Waals surface area contributed by atoms with Gasteiger partial charge >= 0.3 is 0 Å². The highest BCUT2D eigenvalue weighted by atomic mass is 16.4. The number of hydrogen-bond donors (Lipinski definition) is 0. The summed E-state index contributed by atoms with van der Waals surface area (Å²) < 4.78 is 15.6. The van der Waals surface area contributed by atoms with Crippen LogP contribution in [0.4, 0.5) is 68.8 Å². The molecule has 0 saturated carbocycles. The molecule has 0 unspecified atom stereocenters. The fraction of sp³-hybridized carbons (Fsp3) is 0.212. The standard InChI is InChI=1S/C99H85B2N7O/c1-62-57-84-93-85(58-62)106(74-56-51-63-27-14-15-29-67(63)59-74)96-90(76-38-18-22-42-81(76)102(96)69-31-8-5-9-32-69)100(93)89-77-39-19-23-43-82(77)103(95(89)105(84)70-33-10-6-11-34-70)72-52-47-64(48-53-72)65-49-54-73(55-50-65)104-83-44-24-20-40-78(83)91-97(104)108(80-45-26-30-66-28-16-17-37-75(66)80)87-61-68(99(2,3)4)60-86-94(87)101(91)92-79-41-21-25-46-88(79)109-98(92)107(86)71-35-12-7-13-36-71/h5-17,26-37,45,47-61H,18-25,38-44,46H2,1-4H3. The van der Waals surface area contributed by atoms with E-state index in [0.29, 0.717) is 0 Å². The second kappa shape index (κ2) is 24.2. The first-order chi connectivity index (χ1) is 53.7. The Hall–Kier alpha value is -11.6. The van der Waals surface area contributed by atoms with Gasteiger partial charge < -0.3 is 18.1 Å². The minimum absolute atomic E-state index is 0.0138. The van der Waals surface area contributed by atoms with Gasteiger partial charge in [0.05, 0.1) is 5.69 Å². The van der Waals surface area contributed by atoms with Crippen LogP contribution in [0.3, 0.4) is 0 Å². The van der Waals surface area contributed by atoms with Crippen molar-refractivity contribution >= 4 is 137 Å². The third-order valence-electron chi connectivity index (χ3n) is 26.1. The largest absolute Gasteiger partial charge is 0.445 e. The number of hydrogen-bond acceptors (Lipinski definition) is 5. The predicted octanol–water partition coefficient (Wildman–Crippen LogP) is 20.9. The van der Waals surface area contributed by atoms with Crippen molar-refractivity contribution < 1.29 is 4.42 Å². The molecule has 0 spiro atoms. The zero-order valence-corrected chi connectivity index (χ0v) is 62.7. The molecule has 0 atom stereocenters. The van der Waals surface area contributed by atoms with Gasteiger partial charge in [0.1, 0.15) is 23.2 Å². The average molecular weight is 1410 g/mol. The Balaban J connectivity index is 0.704. The normalized spacial score (nSPS) is 15.7. The van der Waals surface area contributed by atoms with Gasteiger partial charge in [0.15, 0.2) is 5.88 Å². The first kappa shape index (κ1) is 63.5. The van der Waals surface area contributed by atoms with E-state index >= 15 is 0 Å². The van der Waals surface area contributed by atoms with E-state index in [2.05, 4.69) is 310 Å². The molecule has 0 bridgehead atoms. The van der Waals surface area contributed by atoms with Crippen molar-refractivity contribution in [1.29, 1.82) is 0 Å². The second-order valence-electron chi connectivity index (χ2n) is 33.3. The van der Waals surface area contributed by atoms with Gasteiger partial charge in [-0.25, -0.2) is 0 Å². The smallest absolute Gasteiger partial charge is 0.259 e. The summed E-state index contributed by atoms with van der Waals surface area (Å²) in [4.78, 5) is 10.6. The van der Waals surface area contributed by atoms with E-state index in [9.17, 15) is 0 Å². The molecule has 10 heteroatoms. The number of benzene rings is 11. The van der Waals surface area contributed by atoms with Gasteiger partial charge in [-0.3, -0.25) is 19.6 Å². The minimum Gasteiger partial charge on any atom is -0.445 e. The van der Waals surface area contributed by atoms with Gasteiger partial charge in [-0.1, -0.05) is 166 Å². The zero-order chi connectivity index (χ0) is 72.1. The number of rotatable bonds is 8. The summed E-state index contributed by atoms with van der Waals surface area (Å²) in [6.45, 7) is 9.47. The summed E-state index contributed by atoms with van der Waals surface area (Å²) in [5, 5.41) is 4.99. The van der Waals surface area contributed by atoms with Gasteiger partial charge in [-0.2, -0.15) is 0 Å². The molecule has 528 valence electrons. The lowest BCUT2D eigenvalue weighted by Gasteiger charge is -2.44. The topological polar surface area (TPSA) is 40.9 Å². The third kappa shape index (κ3) is 9.33. The van der Waals surface area contributed by atoms with Crippen molar-refractivity contribution in [3.05, 3.63) is 305 Å². The Morgan fingerprint density at radius 2 is 0.716 bits per heavy atom. The molecule has 0 amide bonds. The molecule has 23 rings (SSSR count). The van der Waals surface area contributed by atoms with E-state index in [0.717, 1.165) is 82.2 Å². The van der Waals surface area contributed by atoms with Crippen molar-refractivity contribution in [2.45, 2.75) is 136 Å². The second-order valence-corrected chi connectivity index (χ2v) is 33.3. The number of para-hydroxylation sites is 3. The molecule has 8 aliphatic rings. The molecule has 8 heterocycles. The van der Waals surface area contributed by atoms with E-state index in [1.807, 2.05) is 0 Å².